The Kier molecular flexibility index (Phi) is 4.01. The molecule has 0 saturated carbocycles. The summed E-state index contributed by atoms with van der Waals surface area (Å²) >= 11 is 0. The second-order valence-electron chi connectivity index (χ2n) is 5.71. The van der Waals surface area contributed by atoms with Crippen molar-refractivity contribution in [1.29, 1.82) is 0 Å². The molecule has 0 spiro atoms. The van der Waals surface area contributed by atoms with E-state index in [1.807, 2.05) is 0 Å². The van der Waals surface area contributed by atoms with Gasteiger partial charge in [0.1, 0.15) is 10.6 Å². The molecule has 0 bridgehead atoms. The summed E-state index contributed by atoms with van der Waals surface area (Å²) in [5.74, 6) is -0.111. The molecule has 10 heteroatoms. The number of anilines is 1. The lowest BCUT2D eigenvalue weighted by atomic mass is 10.1. The number of nitrogen functional groups attached to an aromatic ring is 1. The number of amides is 1. The molecule has 2 aromatic heterocycles. The van der Waals surface area contributed by atoms with Gasteiger partial charge in [-0.05, 0) is 18.1 Å². The number of rotatable bonds is 3. The van der Waals surface area contributed by atoms with Gasteiger partial charge in [-0.2, -0.15) is 0 Å². The number of hydrogen-bond donors (Lipinski definition) is 2. The Morgan fingerprint density at radius 1 is 1.42 bits per heavy atom. The molecule has 0 unspecified atom stereocenters. The van der Waals surface area contributed by atoms with E-state index >= 15 is 0 Å². The van der Waals surface area contributed by atoms with Crippen molar-refractivity contribution in [2.24, 2.45) is 0 Å². The molecular formula is C14H18N6O3S. The number of carbonyl (C=O) groups excluding carboxylic acids is 1. The van der Waals surface area contributed by atoms with Crippen LogP contribution in [0, 0.1) is 0 Å². The first-order valence-corrected chi connectivity index (χ1v) is 8.73. The molecule has 9 nitrogen and oxygen atoms in total. The maximum absolute atomic E-state index is 12.6. The van der Waals surface area contributed by atoms with Crippen LogP contribution in [0.15, 0.2) is 23.4 Å². The Labute approximate surface area is 139 Å². The summed E-state index contributed by atoms with van der Waals surface area (Å²) in [6, 6.07) is 1.35. The second kappa shape index (κ2) is 5.87. The second-order valence-corrected chi connectivity index (χ2v) is 7.87. The molecule has 2 aromatic rings. The van der Waals surface area contributed by atoms with Gasteiger partial charge in [-0.25, -0.2) is 22.7 Å². The van der Waals surface area contributed by atoms with Crippen molar-refractivity contribution in [3.63, 3.8) is 0 Å². The first kappa shape index (κ1) is 16.4. The highest BCUT2D eigenvalue weighted by atomic mass is 32.2. The van der Waals surface area contributed by atoms with Gasteiger partial charge in [0.2, 0.25) is 16.0 Å². The van der Waals surface area contributed by atoms with Gasteiger partial charge in [-0.1, -0.05) is 0 Å². The summed E-state index contributed by atoms with van der Waals surface area (Å²) in [4.78, 5) is 25.1. The van der Waals surface area contributed by atoms with Gasteiger partial charge in [0.15, 0.2) is 0 Å². The molecule has 0 atom stereocenters. The van der Waals surface area contributed by atoms with Crippen molar-refractivity contribution >= 4 is 21.9 Å². The van der Waals surface area contributed by atoms with Crippen LogP contribution in [0.1, 0.15) is 21.7 Å². The molecule has 3 rings (SSSR count). The summed E-state index contributed by atoms with van der Waals surface area (Å²) in [7, 11) is -0.700. The van der Waals surface area contributed by atoms with Crippen LogP contribution in [-0.2, 0) is 23.0 Å². The predicted molar refractivity (Wildman–Crippen MR) is 86.6 cm³/mol. The largest absolute Gasteiger partial charge is 0.368 e. The maximum Gasteiger partial charge on any atom is 0.270 e. The average Bonchev–Trinajstić information content (AvgIpc) is 3.04. The Bertz CT molecular complexity index is 890. The van der Waals surface area contributed by atoms with Crippen LogP contribution >= 0.6 is 0 Å². The van der Waals surface area contributed by atoms with Gasteiger partial charge in [0.25, 0.3) is 5.91 Å². The van der Waals surface area contributed by atoms with Gasteiger partial charge < -0.3 is 15.6 Å². The van der Waals surface area contributed by atoms with E-state index in [1.54, 1.807) is 11.1 Å². The van der Waals surface area contributed by atoms with Crippen LogP contribution in [0.4, 0.5) is 5.95 Å². The van der Waals surface area contributed by atoms with E-state index < -0.39 is 10.0 Å². The van der Waals surface area contributed by atoms with Crippen molar-refractivity contribution in [1.82, 2.24) is 24.2 Å². The number of sulfonamides is 1. The maximum atomic E-state index is 12.6. The summed E-state index contributed by atoms with van der Waals surface area (Å²) in [5.41, 5.74) is 7.50. The molecule has 0 saturated heterocycles. The molecule has 128 valence electrons. The highest BCUT2D eigenvalue weighted by molar-refractivity contribution is 7.89. The molecule has 0 radical (unpaired) electrons. The lowest BCUT2D eigenvalue weighted by Crippen LogP contribution is -2.36. The zero-order valence-corrected chi connectivity index (χ0v) is 14.2. The van der Waals surface area contributed by atoms with Gasteiger partial charge in [-0.15, -0.1) is 0 Å². The minimum absolute atomic E-state index is 0.0554. The fraction of sp³-hybridized carbons (Fsp3) is 0.357. The number of hydrogen-bond acceptors (Lipinski definition) is 6. The van der Waals surface area contributed by atoms with Crippen LogP contribution in [0.25, 0.3) is 0 Å². The molecule has 24 heavy (non-hydrogen) atoms. The van der Waals surface area contributed by atoms with Gasteiger partial charge >= 0.3 is 0 Å². The molecule has 0 aromatic carbocycles. The van der Waals surface area contributed by atoms with Crippen LogP contribution in [-0.4, -0.2) is 59.1 Å². The lowest BCUT2D eigenvalue weighted by Gasteiger charge is -2.27. The minimum Gasteiger partial charge on any atom is -0.368 e. The van der Waals surface area contributed by atoms with Crippen LogP contribution < -0.4 is 5.73 Å². The summed E-state index contributed by atoms with van der Waals surface area (Å²) < 4.78 is 25.3. The van der Waals surface area contributed by atoms with E-state index in [1.165, 1.54) is 26.4 Å². The van der Waals surface area contributed by atoms with E-state index in [0.29, 0.717) is 19.5 Å². The van der Waals surface area contributed by atoms with E-state index in [4.69, 9.17) is 5.73 Å². The van der Waals surface area contributed by atoms with E-state index in [9.17, 15) is 13.2 Å². The zero-order valence-electron chi connectivity index (χ0n) is 13.4. The van der Waals surface area contributed by atoms with E-state index in [2.05, 4.69) is 15.0 Å². The third kappa shape index (κ3) is 2.85. The summed E-state index contributed by atoms with van der Waals surface area (Å²) in [6.45, 7) is 0.823. The van der Waals surface area contributed by atoms with Crippen LogP contribution in [0.5, 0.6) is 0 Å². The van der Waals surface area contributed by atoms with Crippen molar-refractivity contribution in [2.75, 3.05) is 26.4 Å². The number of nitrogens with two attached hydrogens (primary N) is 1. The highest BCUT2D eigenvalue weighted by Crippen LogP contribution is 2.20. The number of aromatic amines is 1. The van der Waals surface area contributed by atoms with Crippen molar-refractivity contribution in [3.8, 4) is 0 Å². The summed E-state index contributed by atoms with van der Waals surface area (Å²) in [5, 5.41) is 0. The van der Waals surface area contributed by atoms with Crippen molar-refractivity contribution < 1.29 is 13.2 Å². The molecule has 1 aliphatic rings. The van der Waals surface area contributed by atoms with Gasteiger partial charge in [0.05, 0.1) is 12.2 Å². The van der Waals surface area contributed by atoms with E-state index in [0.717, 1.165) is 15.6 Å². The van der Waals surface area contributed by atoms with Crippen LogP contribution in [0.3, 0.4) is 0 Å². The first-order valence-electron chi connectivity index (χ1n) is 7.29. The molecule has 3 heterocycles. The third-order valence-electron chi connectivity index (χ3n) is 3.92. The Morgan fingerprint density at radius 2 is 2.17 bits per heavy atom. The van der Waals surface area contributed by atoms with Gasteiger partial charge in [-0.3, -0.25) is 4.79 Å². The lowest BCUT2D eigenvalue weighted by molar-refractivity contribution is 0.0726. The Balaban J connectivity index is 1.82. The number of fused-ring (bicyclic) bond motifs is 1. The standard InChI is InChI=1S/C14H18N6O3S/c1-19(2)24(22,23)10-5-11(16-7-10)13(21)20-4-3-9-6-17-14(15)18-12(9)8-20/h5-7,16H,3-4,8H2,1-2H3,(H2,15,17,18). The first-order chi connectivity index (χ1) is 11.3. The molecule has 0 aliphatic carbocycles. The number of nitrogens with one attached hydrogen (secondary N) is 1. The molecule has 3 N–H and O–H groups in total. The highest BCUT2D eigenvalue weighted by Gasteiger charge is 2.26. The SMILES string of the molecule is CN(C)S(=O)(=O)c1c[nH]c(C(=O)N2CCc3cnc(N)nc3C2)c1. The Morgan fingerprint density at radius 3 is 2.88 bits per heavy atom. The number of H-pyrrole nitrogens is 1. The van der Waals surface area contributed by atoms with Crippen molar-refractivity contribution in [3.05, 3.63) is 35.4 Å². The smallest absolute Gasteiger partial charge is 0.270 e. The monoisotopic (exact) mass is 350 g/mol. The Hall–Kier alpha value is -2.46. The molecule has 1 aliphatic heterocycles. The molecular weight excluding hydrogens is 332 g/mol. The number of aromatic nitrogens is 3. The van der Waals surface area contributed by atoms with Crippen LogP contribution in [0.2, 0.25) is 0 Å². The molecule has 1 amide bonds. The normalized spacial score (nSPS) is 14.7. The molecule has 0 fully saturated rings. The predicted octanol–water partition coefficient (Wildman–Crippen LogP) is -0.164. The quantitative estimate of drug-likeness (QED) is 0.792. The van der Waals surface area contributed by atoms with Crippen molar-refractivity contribution in [2.45, 2.75) is 17.9 Å². The topological polar surface area (TPSA) is 125 Å². The summed E-state index contributed by atoms with van der Waals surface area (Å²) in [6.07, 6.45) is 3.63. The minimum atomic E-state index is -3.58. The zero-order chi connectivity index (χ0) is 17.5. The number of carbonyl (C=O) groups is 1. The van der Waals surface area contributed by atoms with E-state index in [-0.39, 0.29) is 22.4 Å². The fourth-order valence-corrected chi connectivity index (χ4v) is 3.42. The fourth-order valence-electron chi connectivity index (χ4n) is 2.52. The average molecular weight is 350 g/mol. The third-order valence-corrected chi connectivity index (χ3v) is 5.71. The number of nitrogens with zero attached hydrogens (tertiary/aromatic N) is 4. The van der Waals surface area contributed by atoms with Gasteiger partial charge in [0, 0.05) is 33.0 Å².